The van der Waals surface area contributed by atoms with Crippen molar-refractivity contribution in [1.29, 1.82) is 0 Å². The molecule has 1 aliphatic heterocycles. The third kappa shape index (κ3) is 6.07. The van der Waals surface area contributed by atoms with Crippen molar-refractivity contribution >= 4 is 11.6 Å². The van der Waals surface area contributed by atoms with E-state index in [4.69, 9.17) is 0 Å². The van der Waals surface area contributed by atoms with E-state index in [2.05, 4.69) is 21.2 Å². The number of hydrogen-bond donors (Lipinski definition) is 1. The van der Waals surface area contributed by atoms with Gasteiger partial charge in [-0.15, -0.1) is 0 Å². The van der Waals surface area contributed by atoms with Gasteiger partial charge in [-0.1, -0.05) is 42.0 Å². The minimum Gasteiger partial charge on any atom is -0.325 e. The number of nitrogens with zero attached hydrogens (tertiary/aromatic N) is 2. The maximum Gasteiger partial charge on any atom is 0.238 e. The van der Waals surface area contributed by atoms with E-state index in [1.807, 2.05) is 26.0 Å². The molecule has 1 heterocycles. The molecule has 34 heavy (non-hydrogen) atoms. The van der Waals surface area contributed by atoms with Crippen LogP contribution in [0.25, 0.3) is 0 Å². The van der Waals surface area contributed by atoms with E-state index >= 15 is 0 Å². The maximum atomic E-state index is 13.6. The Bertz CT molecular complexity index is 1070. The fourth-order valence-electron chi connectivity index (χ4n) is 4.66. The van der Waals surface area contributed by atoms with Crippen LogP contribution in [0.5, 0.6) is 0 Å². The van der Waals surface area contributed by atoms with Crippen molar-refractivity contribution in [3.05, 3.63) is 101 Å². The number of halogens is 2. The van der Waals surface area contributed by atoms with Crippen LogP contribution in [-0.4, -0.2) is 48.4 Å². The van der Waals surface area contributed by atoms with Crippen LogP contribution in [0.3, 0.4) is 0 Å². The van der Waals surface area contributed by atoms with Gasteiger partial charge in [-0.05, 0) is 73.8 Å². The molecule has 3 aromatic rings. The monoisotopic (exact) mass is 463 g/mol. The number of hydrogen-bond acceptors (Lipinski definition) is 3. The fourth-order valence-corrected chi connectivity index (χ4v) is 4.66. The van der Waals surface area contributed by atoms with Crippen LogP contribution in [0.2, 0.25) is 0 Å². The van der Waals surface area contributed by atoms with Crippen molar-refractivity contribution in [1.82, 2.24) is 9.80 Å². The number of benzene rings is 3. The highest BCUT2D eigenvalue weighted by Crippen LogP contribution is 2.30. The molecule has 0 aliphatic carbocycles. The topological polar surface area (TPSA) is 35.6 Å². The molecule has 0 radical (unpaired) electrons. The van der Waals surface area contributed by atoms with Gasteiger partial charge in [0.2, 0.25) is 5.91 Å². The van der Waals surface area contributed by atoms with E-state index in [0.717, 1.165) is 55.0 Å². The number of carbonyl (C=O) groups excluding carboxylic acids is 1. The largest absolute Gasteiger partial charge is 0.325 e. The summed E-state index contributed by atoms with van der Waals surface area (Å²) >= 11 is 0. The maximum absolute atomic E-state index is 13.6. The molecule has 0 bridgehead atoms. The molecule has 0 atom stereocenters. The first-order valence-electron chi connectivity index (χ1n) is 11.7. The quantitative estimate of drug-likeness (QED) is 0.538. The molecule has 0 unspecified atom stereocenters. The molecule has 3 aromatic carbocycles. The smallest absolute Gasteiger partial charge is 0.238 e. The molecule has 4 rings (SSSR count). The van der Waals surface area contributed by atoms with Gasteiger partial charge >= 0.3 is 0 Å². The summed E-state index contributed by atoms with van der Waals surface area (Å²) in [5.41, 5.74) is 5.00. The number of aryl methyl sites for hydroxylation is 2. The predicted octanol–water partition coefficient (Wildman–Crippen LogP) is 5.32. The van der Waals surface area contributed by atoms with Crippen LogP contribution in [0, 0.1) is 25.5 Å². The summed E-state index contributed by atoms with van der Waals surface area (Å²) < 4.78 is 27.2. The lowest BCUT2D eigenvalue weighted by molar-refractivity contribution is -0.117. The first-order valence-corrected chi connectivity index (χ1v) is 11.7. The zero-order valence-corrected chi connectivity index (χ0v) is 19.7. The Kier molecular flexibility index (Phi) is 7.70. The van der Waals surface area contributed by atoms with Crippen LogP contribution >= 0.6 is 0 Å². The van der Waals surface area contributed by atoms with Gasteiger partial charge < -0.3 is 5.32 Å². The Morgan fingerprint density at radius 1 is 0.853 bits per heavy atom. The molecule has 6 heteroatoms. The minimum absolute atomic E-state index is 0.0194. The summed E-state index contributed by atoms with van der Waals surface area (Å²) in [7, 11) is 0. The second-order valence-electron chi connectivity index (χ2n) is 9.04. The van der Waals surface area contributed by atoms with Gasteiger partial charge in [0, 0.05) is 25.3 Å². The average Bonchev–Trinajstić information content (AvgIpc) is 3.04. The SMILES string of the molecule is Cc1ccc(NC(=O)CN2CCCN(C(c3ccc(F)cc3)c3ccc(F)cc3)CC2)c(C)c1. The fraction of sp³-hybridized carbons (Fsp3) is 0.321. The standard InChI is InChI=1S/C28H31F2N3O/c1-20-4-13-26(21(2)18-20)31-27(34)19-32-14-3-15-33(17-16-32)28(22-5-9-24(29)10-6-22)23-7-11-25(30)12-8-23/h4-13,18,28H,3,14-17,19H2,1-2H3,(H,31,34). The summed E-state index contributed by atoms with van der Waals surface area (Å²) in [6, 6.07) is 18.9. The molecular weight excluding hydrogens is 432 g/mol. The average molecular weight is 464 g/mol. The van der Waals surface area contributed by atoms with Gasteiger partial charge in [0.25, 0.3) is 0 Å². The molecule has 1 aliphatic rings. The number of nitrogens with one attached hydrogen (secondary N) is 1. The third-order valence-corrected chi connectivity index (χ3v) is 6.38. The van der Waals surface area contributed by atoms with Crippen LogP contribution in [0.4, 0.5) is 14.5 Å². The second kappa shape index (κ2) is 10.9. The third-order valence-electron chi connectivity index (χ3n) is 6.38. The van der Waals surface area contributed by atoms with Crippen molar-refractivity contribution in [3.63, 3.8) is 0 Å². The van der Waals surface area contributed by atoms with Gasteiger partial charge in [-0.25, -0.2) is 8.78 Å². The predicted molar refractivity (Wildman–Crippen MR) is 132 cm³/mol. The Balaban J connectivity index is 1.44. The Morgan fingerprint density at radius 3 is 2.06 bits per heavy atom. The lowest BCUT2D eigenvalue weighted by atomic mass is 9.96. The van der Waals surface area contributed by atoms with E-state index in [0.29, 0.717) is 6.54 Å². The molecular formula is C28H31F2N3O. The molecule has 0 aromatic heterocycles. The van der Waals surface area contributed by atoms with E-state index in [1.54, 1.807) is 24.3 Å². The molecule has 0 spiro atoms. The van der Waals surface area contributed by atoms with E-state index < -0.39 is 0 Å². The van der Waals surface area contributed by atoms with Crippen molar-refractivity contribution in [2.24, 2.45) is 0 Å². The number of rotatable bonds is 6. The normalized spacial score (nSPS) is 15.3. The van der Waals surface area contributed by atoms with E-state index in [-0.39, 0.29) is 23.6 Å². The molecule has 0 saturated carbocycles. The number of amides is 1. The molecule has 1 N–H and O–H groups in total. The number of carbonyl (C=O) groups is 1. The second-order valence-corrected chi connectivity index (χ2v) is 9.04. The van der Waals surface area contributed by atoms with Gasteiger partial charge in [-0.3, -0.25) is 14.6 Å². The van der Waals surface area contributed by atoms with Crippen LogP contribution < -0.4 is 5.32 Å². The first-order chi connectivity index (χ1) is 16.4. The summed E-state index contributed by atoms with van der Waals surface area (Å²) in [5, 5.41) is 3.04. The molecule has 1 saturated heterocycles. The Labute approximate surface area is 200 Å². The van der Waals surface area contributed by atoms with Crippen molar-refractivity contribution in [2.75, 3.05) is 38.0 Å². The van der Waals surface area contributed by atoms with Gasteiger partial charge in [0.1, 0.15) is 11.6 Å². The lowest BCUT2D eigenvalue weighted by Gasteiger charge is -2.31. The lowest BCUT2D eigenvalue weighted by Crippen LogP contribution is -2.37. The Hall–Kier alpha value is -3.09. The number of anilines is 1. The molecule has 4 nitrogen and oxygen atoms in total. The minimum atomic E-state index is -0.279. The molecule has 178 valence electrons. The van der Waals surface area contributed by atoms with Crippen LogP contribution in [-0.2, 0) is 4.79 Å². The van der Waals surface area contributed by atoms with Crippen molar-refractivity contribution < 1.29 is 13.6 Å². The molecule has 1 amide bonds. The summed E-state index contributed by atoms with van der Waals surface area (Å²) in [4.78, 5) is 17.2. The van der Waals surface area contributed by atoms with E-state index in [1.165, 1.54) is 29.8 Å². The van der Waals surface area contributed by atoms with Crippen LogP contribution in [0.1, 0.15) is 34.7 Å². The van der Waals surface area contributed by atoms with Crippen molar-refractivity contribution in [3.8, 4) is 0 Å². The van der Waals surface area contributed by atoms with Gasteiger partial charge in [0.15, 0.2) is 0 Å². The van der Waals surface area contributed by atoms with Crippen molar-refractivity contribution in [2.45, 2.75) is 26.3 Å². The van der Waals surface area contributed by atoms with Gasteiger partial charge in [0.05, 0.1) is 12.6 Å². The summed E-state index contributed by atoms with van der Waals surface area (Å²) in [6.07, 6.45) is 0.899. The summed E-state index contributed by atoms with van der Waals surface area (Å²) in [6.45, 7) is 7.49. The zero-order valence-electron chi connectivity index (χ0n) is 19.7. The first kappa shape index (κ1) is 24.0. The van der Waals surface area contributed by atoms with E-state index in [9.17, 15) is 13.6 Å². The summed E-state index contributed by atoms with van der Waals surface area (Å²) in [5.74, 6) is -0.578. The highest BCUT2D eigenvalue weighted by Gasteiger charge is 2.26. The highest BCUT2D eigenvalue weighted by molar-refractivity contribution is 5.93. The molecule has 1 fully saturated rings. The Morgan fingerprint density at radius 2 is 1.47 bits per heavy atom. The zero-order chi connectivity index (χ0) is 24.1. The van der Waals surface area contributed by atoms with Crippen LogP contribution in [0.15, 0.2) is 66.7 Å². The van der Waals surface area contributed by atoms with Gasteiger partial charge in [-0.2, -0.15) is 0 Å². The highest BCUT2D eigenvalue weighted by atomic mass is 19.1.